The Morgan fingerprint density at radius 3 is 1.67 bits per heavy atom. The van der Waals surface area contributed by atoms with E-state index in [1.54, 1.807) is 4.90 Å². The molecule has 1 saturated heterocycles. The number of ether oxygens (including phenoxy) is 3. The van der Waals surface area contributed by atoms with Gasteiger partial charge in [-0.2, -0.15) is 13.2 Å². The second-order valence-electron chi connectivity index (χ2n) is 12.1. The Hall–Kier alpha value is -3.11. The first-order chi connectivity index (χ1) is 19.8. The third kappa shape index (κ3) is 9.19. The quantitative estimate of drug-likeness (QED) is 0.380. The molecule has 0 radical (unpaired) electrons. The molecule has 1 saturated carbocycles. The Labute approximate surface area is 252 Å². The predicted molar refractivity (Wildman–Crippen MR) is 157 cm³/mol. The van der Waals surface area contributed by atoms with Crippen LogP contribution in [0.3, 0.4) is 0 Å². The van der Waals surface area contributed by atoms with Gasteiger partial charge in [-0.25, -0.2) is 9.59 Å². The first kappa shape index (κ1) is 34.4. The van der Waals surface area contributed by atoms with Crippen LogP contribution in [-0.2, 0) is 31.8 Å². The summed E-state index contributed by atoms with van der Waals surface area (Å²) in [6, 6.07) is 17.2. The number of nitrogens with zero attached hydrogens (tertiary/aromatic N) is 1. The molecule has 0 unspecified atom stereocenters. The van der Waals surface area contributed by atoms with Gasteiger partial charge in [0.1, 0.15) is 5.60 Å². The van der Waals surface area contributed by atoms with Crippen LogP contribution in [0.1, 0.15) is 81.9 Å². The zero-order chi connectivity index (χ0) is 30.5. The van der Waals surface area contributed by atoms with Crippen LogP contribution in [0.5, 0.6) is 0 Å². The van der Waals surface area contributed by atoms with E-state index in [1.165, 1.54) is 41.5 Å². The van der Waals surface area contributed by atoms with Gasteiger partial charge in [0.2, 0.25) is 0 Å². The summed E-state index contributed by atoms with van der Waals surface area (Å²) < 4.78 is 49.0. The summed E-state index contributed by atoms with van der Waals surface area (Å²) in [4.78, 5) is 22.6. The molecule has 10 heteroatoms. The number of benzene rings is 2. The van der Waals surface area contributed by atoms with E-state index in [-0.39, 0.29) is 19.6 Å². The Balaban J connectivity index is 0.000000198. The van der Waals surface area contributed by atoms with Crippen molar-refractivity contribution in [1.82, 2.24) is 4.90 Å². The standard InChI is InChI=1S/C17H23NO3.C13H16O.C2HF3O2.CH4/c1-17(2,3)21-16(19)18-10-13(11-18)15-14-7-5-4-6-12(14)8-9-20-15;1-2-7-12-10(4-1)8-9-14-13(12)11-5-3-6-11;3-2(4,5)1(6)7;/h4-7,13,15H,8-11H2,1-3H3;1-2,4,7,11,13H,3,5-6,8-9H2;(H,6,7);1H4/t15-;13-;;/m00../s1. The van der Waals surface area contributed by atoms with E-state index in [0.717, 1.165) is 32.0 Å². The molecular formula is C33H44F3NO6. The Morgan fingerprint density at radius 2 is 1.28 bits per heavy atom. The second kappa shape index (κ2) is 14.6. The topological polar surface area (TPSA) is 85.3 Å². The molecule has 0 aromatic heterocycles. The molecule has 1 amide bonds. The highest BCUT2D eigenvalue weighted by Crippen LogP contribution is 2.43. The van der Waals surface area contributed by atoms with Gasteiger partial charge in [-0.1, -0.05) is 62.4 Å². The lowest BCUT2D eigenvalue weighted by atomic mass is 9.77. The Kier molecular flexibility index (Phi) is 11.7. The van der Waals surface area contributed by atoms with Crippen LogP contribution in [0.25, 0.3) is 0 Å². The van der Waals surface area contributed by atoms with Gasteiger partial charge in [0.15, 0.2) is 0 Å². The number of hydrogen-bond donors (Lipinski definition) is 1. The summed E-state index contributed by atoms with van der Waals surface area (Å²) in [5.74, 6) is -1.58. The maximum absolute atomic E-state index is 12.0. The minimum atomic E-state index is -5.08. The normalized spacial score (nSPS) is 21.5. The molecule has 0 spiro atoms. The maximum atomic E-state index is 12.0. The molecule has 2 fully saturated rings. The number of carboxylic acids is 1. The van der Waals surface area contributed by atoms with Gasteiger partial charge in [-0.05, 0) is 74.6 Å². The maximum Gasteiger partial charge on any atom is 0.490 e. The summed E-state index contributed by atoms with van der Waals surface area (Å²) in [5.41, 5.74) is 5.21. The van der Waals surface area contributed by atoms with Crippen LogP contribution in [0, 0.1) is 11.8 Å². The fourth-order valence-corrected chi connectivity index (χ4v) is 5.55. The zero-order valence-electron chi connectivity index (χ0n) is 24.4. The van der Waals surface area contributed by atoms with Crippen molar-refractivity contribution >= 4 is 12.1 Å². The zero-order valence-corrected chi connectivity index (χ0v) is 24.4. The monoisotopic (exact) mass is 607 g/mol. The van der Waals surface area contributed by atoms with Gasteiger partial charge in [0.25, 0.3) is 0 Å². The average molecular weight is 608 g/mol. The average Bonchev–Trinajstić information content (AvgIpc) is 2.86. The van der Waals surface area contributed by atoms with Crippen LogP contribution >= 0.6 is 0 Å². The number of alkyl halides is 3. The third-order valence-corrected chi connectivity index (χ3v) is 7.87. The van der Waals surface area contributed by atoms with Crippen molar-refractivity contribution in [3.05, 3.63) is 70.8 Å². The lowest BCUT2D eigenvalue weighted by molar-refractivity contribution is -0.192. The van der Waals surface area contributed by atoms with Gasteiger partial charge in [0.05, 0.1) is 25.4 Å². The number of amides is 1. The number of halogens is 3. The largest absolute Gasteiger partial charge is 0.490 e. The van der Waals surface area contributed by atoms with Crippen molar-refractivity contribution in [2.45, 2.75) is 84.3 Å². The van der Waals surface area contributed by atoms with Gasteiger partial charge < -0.3 is 24.2 Å². The first-order valence-electron chi connectivity index (χ1n) is 14.5. The molecule has 238 valence electrons. The second-order valence-corrected chi connectivity index (χ2v) is 12.1. The number of carboxylic acid groups (broad SMARTS) is 1. The minimum absolute atomic E-state index is 0. The van der Waals surface area contributed by atoms with E-state index in [1.807, 2.05) is 20.8 Å². The first-order valence-corrected chi connectivity index (χ1v) is 14.5. The smallest absolute Gasteiger partial charge is 0.475 e. The van der Waals surface area contributed by atoms with Gasteiger partial charge >= 0.3 is 18.2 Å². The molecule has 2 atom stereocenters. The fourth-order valence-electron chi connectivity index (χ4n) is 5.55. The Bertz CT molecular complexity index is 1220. The van der Waals surface area contributed by atoms with E-state index in [9.17, 15) is 18.0 Å². The summed E-state index contributed by atoms with van der Waals surface area (Å²) >= 11 is 0. The van der Waals surface area contributed by atoms with Crippen LogP contribution in [-0.4, -0.2) is 60.1 Å². The molecule has 1 aliphatic carbocycles. The number of rotatable bonds is 2. The summed E-state index contributed by atoms with van der Waals surface area (Å²) in [5, 5.41) is 7.12. The van der Waals surface area contributed by atoms with E-state index in [2.05, 4.69) is 48.5 Å². The molecule has 4 aliphatic rings. The lowest BCUT2D eigenvalue weighted by Crippen LogP contribution is -2.54. The van der Waals surface area contributed by atoms with Crippen molar-refractivity contribution in [2.75, 3.05) is 26.3 Å². The number of fused-ring (bicyclic) bond motifs is 2. The number of aliphatic carboxylic acids is 1. The van der Waals surface area contributed by atoms with Crippen molar-refractivity contribution < 1.29 is 42.1 Å². The molecule has 3 heterocycles. The highest BCUT2D eigenvalue weighted by molar-refractivity contribution is 5.73. The molecule has 0 bridgehead atoms. The minimum Gasteiger partial charge on any atom is -0.475 e. The van der Waals surface area contributed by atoms with Crippen LogP contribution in [0.4, 0.5) is 18.0 Å². The third-order valence-electron chi connectivity index (χ3n) is 7.87. The molecule has 2 aromatic rings. The SMILES string of the molecule is C.CC(C)(C)OC(=O)N1CC([C@@H]2OCCc3ccccc32)C1.O=C(O)C(F)(F)F.c1ccc2c(c1)CCO[C@H]2C1CCC1. The molecule has 7 nitrogen and oxygen atoms in total. The Morgan fingerprint density at radius 1 is 0.837 bits per heavy atom. The van der Waals surface area contributed by atoms with E-state index >= 15 is 0 Å². The highest BCUT2D eigenvalue weighted by Gasteiger charge is 2.41. The fraction of sp³-hybridized carbons (Fsp3) is 0.576. The van der Waals surface area contributed by atoms with Gasteiger partial charge in [-0.3, -0.25) is 0 Å². The summed E-state index contributed by atoms with van der Waals surface area (Å²) in [6.07, 6.45) is 1.42. The molecule has 6 rings (SSSR count). The van der Waals surface area contributed by atoms with Gasteiger partial charge in [-0.15, -0.1) is 0 Å². The van der Waals surface area contributed by atoms with Crippen molar-refractivity contribution in [2.24, 2.45) is 11.8 Å². The number of carbonyl (C=O) groups excluding carboxylic acids is 1. The molecule has 1 N–H and O–H groups in total. The molecule has 43 heavy (non-hydrogen) atoms. The van der Waals surface area contributed by atoms with Crippen molar-refractivity contribution in [3.63, 3.8) is 0 Å². The van der Waals surface area contributed by atoms with Crippen molar-refractivity contribution in [1.29, 1.82) is 0 Å². The van der Waals surface area contributed by atoms with Gasteiger partial charge in [0, 0.05) is 19.0 Å². The number of likely N-dealkylation sites (tertiary alicyclic amines) is 1. The molecule has 3 aliphatic heterocycles. The summed E-state index contributed by atoms with van der Waals surface area (Å²) in [7, 11) is 0. The molecular weight excluding hydrogens is 563 g/mol. The molecule has 2 aromatic carbocycles. The van der Waals surface area contributed by atoms with Crippen LogP contribution in [0.15, 0.2) is 48.5 Å². The van der Waals surface area contributed by atoms with Crippen LogP contribution < -0.4 is 0 Å². The number of hydrogen-bond acceptors (Lipinski definition) is 5. The van der Waals surface area contributed by atoms with Crippen LogP contribution in [0.2, 0.25) is 0 Å². The highest BCUT2D eigenvalue weighted by atomic mass is 19.4. The van der Waals surface area contributed by atoms with E-state index < -0.39 is 17.7 Å². The number of carbonyl (C=O) groups is 2. The lowest BCUT2D eigenvalue weighted by Gasteiger charge is -2.44. The van der Waals surface area contributed by atoms with E-state index in [0.29, 0.717) is 25.1 Å². The van der Waals surface area contributed by atoms with E-state index in [4.69, 9.17) is 24.1 Å². The predicted octanol–water partition coefficient (Wildman–Crippen LogP) is 7.54. The summed E-state index contributed by atoms with van der Waals surface area (Å²) in [6.45, 7) is 8.79. The van der Waals surface area contributed by atoms with Crippen molar-refractivity contribution in [3.8, 4) is 0 Å².